The van der Waals surface area contributed by atoms with Crippen LogP contribution in [0.2, 0.25) is 0 Å². The van der Waals surface area contributed by atoms with Crippen LogP contribution in [0.1, 0.15) is 10.5 Å². The Morgan fingerprint density at radius 3 is 2.62 bits per heavy atom. The van der Waals surface area contributed by atoms with E-state index in [-0.39, 0.29) is 5.91 Å². The molecule has 0 aliphatic heterocycles. The minimum Gasteiger partial charge on any atom is -0.339 e. The minimum atomic E-state index is -0.0608. The number of rotatable bonds is 4. The zero-order valence-electron chi connectivity index (χ0n) is 9.77. The summed E-state index contributed by atoms with van der Waals surface area (Å²) in [6, 6.07) is 3.61. The topological polar surface area (TPSA) is 36.4 Å². The van der Waals surface area contributed by atoms with Crippen molar-refractivity contribution in [2.24, 2.45) is 0 Å². The zero-order valence-corrected chi connectivity index (χ0v) is 11.4. The largest absolute Gasteiger partial charge is 0.339 e. The highest BCUT2D eigenvalue weighted by Gasteiger charge is 2.15. The number of likely N-dealkylation sites (N-methyl/N-ethyl adjacent to an activating group) is 2. The van der Waals surface area contributed by atoms with Gasteiger partial charge in [-0.25, -0.2) is 4.98 Å². The van der Waals surface area contributed by atoms with Gasteiger partial charge in [0.25, 0.3) is 5.91 Å². The Balaban J connectivity index is 2.67. The van der Waals surface area contributed by atoms with Gasteiger partial charge in [-0.15, -0.1) is 0 Å². The van der Waals surface area contributed by atoms with Crippen molar-refractivity contribution in [2.45, 2.75) is 0 Å². The highest BCUT2D eigenvalue weighted by molar-refractivity contribution is 9.10. The Labute approximate surface area is 104 Å². The fourth-order valence-corrected chi connectivity index (χ4v) is 1.60. The molecule has 0 bridgehead atoms. The van der Waals surface area contributed by atoms with E-state index in [9.17, 15) is 4.79 Å². The van der Waals surface area contributed by atoms with Crippen LogP contribution >= 0.6 is 15.9 Å². The Kier molecular flexibility index (Phi) is 4.89. The van der Waals surface area contributed by atoms with E-state index < -0.39 is 0 Å². The van der Waals surface area contributed by atoms with Crippen LogP contribution < -0.4 is 0 Å². The molecule has 0 fully saturated rings. The Hall–Kier alpha value is -0.940. The van der Waals surface area contributed by atoms with Crippen molar-refractivity contribution in [1.82, 2.24) is 14.8 Å². The standard InChI is InChI=1S/C11H16BrN3O/c1-14(2)7-8-15(3)11(16)10-9(12)5-4-6-13-10/h4-6H,7-8H2,1-3H3. The number of hydrogen-bond donors (Lipinski definition) is 0. The maximum absolute atomic E-state index is 12.0. The SMILES string of the molecule is CN(C)CCN(C)C(=O)c1ncccc1Br. The zero-order chi connectivity index (χ0) is 12.1. The molecule has 0 unspecified atom stereocenters. The molecule has 1 aromatic heterocycles. The van der Waals surface area contributed by atoms with E-state index in [4.69, 9.17) is 0 Å². The molecule has 5 heteroatoms. The Bertz CT molecular complexity index is 368. The first-order valence-electron chi connectivity index (χ1n) is 5.03. The second-order valence-electron chi connectivity index (χ2n) is 3.86. The highest BCUT2D eigenvalue weighted by atomic mass is 79.9. The fourth-order valence-electron chi connectivity index (χ4n) is 1.18. The summed E-state index contributed by atoms with van der Waals surface area (Å²) < 4.78 is 0.733. The molecule has 0 aliphatic carbocycles. The molecule has 0 spiro atoms. The fraction of sp³-hybridized carbons (Fsp3) is 0.455. The summed E-state index contributed by atoms with van der Waals surface area (Å²) in [4.78, 5) is 19.8. The van der Waals surface area contributed by atoms with Gasteiger partial charge in [0.05, 0.1) is 0 Å². The molecule has 0 N–H and O–H groups in total. The number of carbonyl (C=O) groups is 1. The lowest BCUT2D eigenvalue weighted by atomic mass is 10.3. The van der Waals surface area contributed by atoms with Crippen molar-refractivity contribution in [2.75, 3.05) is 34.2 Å². The third-order valence-corrected chi connectivity index (χ3v) is 2.83. The maximum atomic E-state index is 12.0. The van der Waals surface area contributed by atoms with Crippen molar-refractivity contribution in [3.63, 3.8) is 0 Å². The number of halogens is 1. The van der Waals surface area contributed by atoms with Crippen LogP contribution in [-0.4, -0.2) is 54.9 Å². The molecule has 0 aromatic carbocycles. The predicted molar refractivity (Wildman–Crippen MR) is 67.5 cm³/mol. The van der Waals surface area contributed by atoms with Gasteiger partial charge in [0, 0.05) is 30.8 Å². The molecule has 1 amide bonds. The summed E-state index contributed by atoms with van der Waals surface area (Å²) in [6.07, 6.45) is 1.62. The van der Waals surface area contributed by atoms with Gasteiger partial charge in [-0.2, -0.15) is 0 Å². The predicted octanol–water partition coefficient (Wildman–Crippen LogP) is 1.48. The highest BCUT2D eigenvalue weighted by Crippen LogP contribution is 2.14. The van der Waals surface area contributed by atoms with Crippen LogP contribution in [0.25, 0.3) is 0 Å². The molecule has 0 radical (unpaired) electrons. The first-order valence-corrected chi connectivity index (χ1v) is 5.82. The van der Waals surface area contributed by atoms with Crippen LogP contribution in [0, 0.1) is 0 Å². The van der Waals surface area contributed by atoms with Gasteiger partial charge in [0.1, 0.15) is 5.69 Å². The van der Waals surface area contributed by atoms with E-state index in [1.165, 1.54) is 0 Å². The lowest BCUT2D eigenvalue weighted by Crippen LogP contribution is -2.34. The van der Waals surface area contributed by atoms with E-state index >= 15 is 0 Å². The number of hydrogen-bond acceptors (Lipinski definition) is 3. The maximum Gasteiger partial charge on any atom is 0.273 e. The normalized spacial score (nSPS) is 10.6. The second kappa shape index (κ2) is 5.96. The van der Waals surface area contributed by atoms with Gasteiger partial charge in [0.2, 0.25) is 0 Å². The number of pyridine rings is 1. The lowest BCUT2D eigenvalue weighted by molar-refractivity contribution is 0.0779. The van der Waals surface area contributed by atoms with Gasteiger partial charge >= 0.3 is 0 Å². The van der Waals surface area contributed by atoms with Gasteiger partial charge in [-0.05, 0) is 42.2 Å². The number of carbonyl (C=O) groups excluding carboxylic acids is 1. The van der Waals surface area contributed by atoms with Gasteiger partial charge in [-0.1, -0.05) is 0 Å². The van der Waals surface area contributed by atoms with E-state index in [0.717, 1.165) is 11.0 Å². The summed E-state index contributed by atoms with van der Waals surface area (Å²) in [5.74, 6) is -0.0608. The summed E-state index contributed by atoms with van der Waals surface area (Å²) in [7, 11) is 5.75. The number of aromatic nitrogens is 1. The van der Waals surface area contributed by atoms with E-state index in [1.807, 2.05) is 25.1 Å². The molecule has 0 saturated carbocycles. The van der Waals surface area contributed by atoms with Crippen molar-refractivity contribution >= 4 is 21.8 Å². The Morgan fingerprint density at radius 2 is 2.06 bits per heavy atom. The monoisotopic (exact) mass is 285 g/mol. The summed E-state index contributed by atoms with van der Waals surface area (Å²) in [5, 5.41) is 0. The molecule has 1 rings (SSSR count). The van der Waals surface area contributed by atoms with Crippen molar-refractivity contribution in [3.8, 4) is 0 Å². The lowest BCUT2D eigenvalue weighted by Gasteiger charge is -2.19. The van der Waals surface area contributed by atoms with Crippen LogP contribution in [0.3, 0.4) is 0 Å². The van der Waals surface area contributed by atoms with E-state index in [2.05, 4.69) is 20.9 Å². The van der Waals surface area contributed by atoms with Gasteiger partial charge in [-0.3, -0.25) is 4.79 Å². The third-order valence-electron chi connectivity index (χ3n) is 2.19. The van der Waals surface area contributed by atoms with Crippen LogP contribution in [0.5, 0.6) is 0 Å². The molecule has 16 heavy (non-hydrogen) atoms. The molecule has 0 atom stereocenters. The number of amides is 1. The minimum absolute atomic E-state index is 0.0608. The van der Waals surface area contributed by atoms with Crippen molar-refractivity contribution in [3.05, 3.63) is 28.5 Å². The molecule has 88 valence electrons. The van der Waals surface area contributed by atoms with E-state index in [0.29, 0.717) is 12.2 Å². The van der Waals surface area contributed by atoms with Crippen molar-refractivity contribution < 1.29 is 4.79 Å². The molecule has 0 aliphatic rings. The van der Waals surface area contributed by atoms with E-state index in [1.54, 1.807) is 24.2 Å². The van der Waals surface area contributed by atoms with Crippen LogP contribution in [0.4, 0.5) is 0 Å². The Morgan fingerprint density at radius 1 is 1.38 bits per heavy atom. The molecule has 1 heterocycles. The third kappa shape index (κ3) is 3.57. The average Bonchev–Trinajstić information content (AvgIpc) is 2.25. The van der Waals surface area contributed by atoms with Crippen LogP contribution in [0.15, 0.2) is 22.8 Å². The van der Waals surface area contributed by atoms with Gasteiger partial charge in [0.15, 0.2) is 0 Å². The summed E-state index contributed by atoms with van der Waals surface area (Å²) >= 11 is 3.32. The number of nitrogens with zero attached hydrogens (tertiary/aromatic N) is 3. The first kappa shape index (κ1) is 13.1. The summed E-state index contributed by atoms with van der Waals surface area (Å²) in [6.45, 7) is 1.53. The summed E-state index contributed by atoms with van der Waals surface area (Å²) in [5.41, 5.74) is 0.462. The molecule has 0 saturated heterocycles. The first-order chi connectivity index (χ1) is 7.52. The molecule has 4 nitrogen and oxygen atoms in total. The smallest absolute Gasteiger partial charge is 0.273 e. The molecular weight excluding hydrogens is 270 g/mol. The quantitative estimate of drug-likeness (QED) is 0.841. The molecule has 1 aromatic rings. The van der Waals surface area contributed by atoms with Gasteiger partial charge < -0.3 is 9.80 Å². The van der Waals surface area contributed by atoms with Crippen molar-refractivity contribution in [1.29, 1.82) is 0 Å². The molecular formula is C11H16BrN3O. The second-order valence-corrected chi connectivity index (χ2v) is 4.72. The van der Waals surface area contributed by atoms with Crippen LogP contribution in [-0.2, 0) is 0 Å². The average molecular weight is 286 g/mol.